The van der Waals surface area contributed by atoms with Gasteiger partial charge in [-0.05, 0) is 66.9 Å². The van der Waals surface area contributed by atoms with Crippen LogP contribution < -0.4 is 16.0 Å². The van der Waals surface area contributed by atoms with Gasteiger partial charge >= 0.3 is 0 Å². The van der Waals surface area contributed by atoms with Crippen molar-refractivity contribution < 1.29 is 28.7 Å². The van der Waals surface area contributed by atoms with Crippen LogP contribution in [0.4, 0.5) is 10.1 Å². The number of piperazine rings is 1. The standard InChI is InChI=1S/C35H48FN9O5S/c1-4-45-29(11-12-38-45)32(48)40-31(25-7-5-23(2)6-8-25)34(50)39-28-10-9-26(19-27(28)36)24(3)35(22-47,41-33(49)30-20-37-42-51-30)21-44-15-13-43(14-16-44)17-18-46/h9-12,19-20,22-25,31,46H,4-8,13-18,21H2,1-3H3,(H,39,50)(H,40,48)(H,41,49)/t23?,24-,25?,31-,35-/m0/s1. The number of β-amino-alcohol motifs (C(OH)–C–C–N with tert-alkyl or cyclic N) is 1. The number of nitrogens with one attached hydrogen (secondary N) is 3. The van der Waals surface area contributed by atoms with Crippen LogP contribution in [-0.4, -0.2) is 116 Å². The van der Waals surface area contributed by atoms with E-state index in [0.29, 0.717) is 62.7 Å². The Balaban J connectivity index is 1.36. The number of benzene rings is 1. The van der Waals surface area contributed by atoms with Crippen molar-refractivity contribution in [1.29, 1.82) is 0 Å². The fourth-order valence-electron chi connectivity index (χ4n) is 7.10. The lowest BCUT2D eigenvalue weighted by Crippen LogP contribution is -2.62. The van der Waals surface area contributed by atoms with Gasteiger partial charge in [-0.1, -0.05) is 37.2 Å². The number of anilines is 1. The van der Waals surface area contributed by atoms with Crippen molar-refractivity contribution in [3.8, 4) is 0 Å². The average Bonchev–Trinajstić information content (AvgIpc) is 3.85. The Morgan fingerprint density at radius 3 is 2.45 bits per heavy atom. The van der Waals surface area contributed by atoms with Crippen molar-refractivity contribution in [2.24, 2.45) is 11.8 Å². The molecular weight excluding hydrogens is 678 g/mol. The molecule has 16 heteroatoms. The highest BCUT2D eigenvalue weighted by molar-refractivity contribution is 7.07. The highest BCUT2D eigenvalue weighted by atomic mass is 32.1. The second-order valence-corrected chi connectivity index (χ2v) is 14.5. The van der Waals surface area contributed by atoms with Gasteiger partial charge in [-0.25, -0.2) is 4.39 Å². The van der Waals surface area contributed by atoms with Gasteiger partial charge in [0.15, 0.2) is 0 Å². The molecule has 0 radical (unpaired) electrons. The summed E-state index contributed by atoms with van der Waals surface area (Å²) in [4.78, 5) is 57.9. The molecule has 2 aliphatic rings. The lowest BCUT2D eigenvalue weighted by molar-refractivity contribution is -0.119. The first-order valence-corrected chi connectivity index (χ1v) is 18.4. The summed E-state index contributed by atoms with van der Waals surface area (Å²) in [5.74, 6) is -2.45. The minimum Gasteiger partial charge on any atom is -0.395 e. The second-order valence-electron chi connectivity index (χ2n) is 13.7. The van der Waals surface area contributed by atoms with Gasteiger partial charge < -0.3 is 25.9 Å². The number of aliphatic hydroxyl groups is 1. The molecule has 2 aromatic heterocycles. The molecule has 1 saturated heterocycles. The van der Waals surface area contributed by atoms with Gasteiger partial charge in [0, 0.05) is 57.9 Å². The smallest absolute Gasteiger partial charge is 0.270 e. The average molecular weight is 726 g/mol. The molecule has 0 bridgehead atoms. The Morgan fingerprint density at radius 1 is 1.10 bits per heavy atom. The molecule has 1 aliphatic heterocycles. The molecule has 4 N–H and O–H groups in total. The Labute approximate surface area is 301 Å². The zero-order valence-electron chi connectivity index (χ0n) is 29.4. The van der Waals surface area contributed by atoms with Gasteiger partial charge in [-0.3, -0.25) is 28.9 Å². The predicted molar refractivity (Wildman–Crippen MR) is 190 cm³/mol. The van der Waals surface area contributed by atoms with Crippen LogP contribution in [-0.2, 0) is 16.1 Å². The topological polar surface area (TPSA) is 175 Å². The molecule has 3 aromatic rings. The summed E-state index contributed by atoms with van der Waals surface area (Å²) >= 11 is 0.905. The molecule has 1 aromatic carbocycles. The second kappa shape index (κ2) is 17.4. The summed E-state index contributed by atoms with van der Waals surface area (Å²) in [5, 5.41) is 25.8. The summed E-state index contributed by atoms with van der Waals surface area (Å²) in [5.41, 5.74) is -0.725. The van der Waals surface area contributed by atoms with E-state index in [2.05, 4.69) is 47.4 Å². The summed E-state index contributed by atoms with van der Waals surface area (Å²) in [7, 11) is 0. The van der Waals surface area contributed by atoms with Crippen molar-refractivity contribution in [2.45, 2.75) is 70.5 Å². The lowest BCUT2D eigenvalue weighted by Gasteiger charge is -2.42. The number of carbonyl (C=O) groups is 4. The van der Waals surface area contributed by atoms with E-state index in [-0.39, 0.29) is 29.6 Å². The quantitative estimate of drug-likeness (QED) is 0.171. The maximum Gasteiger partial charge on any atom is 0.270 e. The number of aldehydes is 1. The molecular formula is C35H48FN9O5S. The van der Waals surface area contributed by atoms with E-state index in [4.69, 9.17) is 0 Å². The molecule has 0 unspecified atom stereocenters. The van der Waals surface area contributed by atoms with E-state index in [1.54, 1.807) is 23.7 Å². The summed E-state index contributed by atoms with van der Waals surface area (Å²) in [6.07, 6.45) is 6.91. The van der Waals surface area contributed by atoms with E-state index in [9.17, 15) is 24.3 Å². The minimum atomic E-state index is -1.45. The SMILES string of the molecule is CCn1nccc1C(=O)N[C@H](C(=O)Nc1ccc([C@H](C)[C@@](C=O)(CN2CCN(CCO)CC2)NC(=O)c2cnns2)cc1F)C1CCC(C)CC1. The van der Waals surface area contributed by atoms with E-state index in [0.717, 1.165) is 37.2 Å². The van der Waals surface area contributed by atoms with Gasteiger partial charge in [0.2, 0.25) is 5.91 Å². The maximum absolute atomic E-state index is 15.9. The van der Waals surface area contributed by atoms with Gasteiger partial charge in [0.25, 0.3) is 11.8 Å². The largest absolute Gasteiger partial charge is 0.395 e. The van der Waals surface area contributed by atoms with Crippen LogP contribution >= 0.6 is 11.5 Å². The monoisotopic (exact) mass is 725 g/mol. The molecule has 3 heterocycles. The molecule has 51 heavy (non-hydrogen) atoms. The van der Waals surface area contributed by atoms with Crippen molar-refractivity contribution >= 4 is 41.2 Å². The van der Waals surface area contributed by atoms with Gasteiger partial charge in [-0.15, -0.1) is 5.10 Å². The molecule has 14 nitrogen and oxygen atoms in total. The van der Waals surface area contributed by atoms with Crippen LogP contribution in [0.1, 0.15) is 78.1 Å². The summed E-state index contributed by atoms with van der Waals surface area (Å²) in [6, 6.07) is 5.07. The Hall–Kier alpha value is -4.12. The number of hydrogen-bond donors (Lipinski definition) is 4. The van der Waals surface area contributed by atoms with Crippen molar-refractivity contribution in [1.82, 2.24) is 39.8 Å². The zero-order valence-corrected chi connectivity index (χ0v) is 30.2. The molecule has 276 valence electrons. The van der Waals surface area contributed by atoms with Gasteiger partial charge in [0.05, 0.1) is 18.5 Å². The van der Waals surface area contributed by atoms with Crippen molar-refractivity contribution in [3.63, 3.8) is 0 Å². The third-order valence-corrected chi connectivity index (χ3v) is 11.0. The first kappa shape index (κ1) is 38.1. The molecule has 3 amide bonds. The number of halogens is 1. The summed E-state index contributed by atoms with van der Waals surface area (Å²) in [6.45, 7) is 9.64. The number of rotatable bonds is 15. The number of amides is 3. The van der Waals surface area contributed by atoms with Crippen LogP contribution in [0.3, 0.4) is 0 Å². The van der Waals surface area contributed by atoms with E-state index >= 15 is 4.39 Å². The Bertz CT molecular complexity index is 1640. The Kier molecular flexibility index (Phi) is 13.0. The third-order valence-electron chi connectivity index (χ3n) is 10.4. The highest BCUT2D eigenvalue weighted by Crippen LogP contribution is 2.33. The summed E-state index contributed by atoms with van der Waals surface area (Å²) < 4.78 is 21.2. The number of aliphatic hydroxyl groups excluding tert-OH is 1. The lowest BCUT2D eigenvalue weighted by atomic mass is 9.79. The fourth-order valence-corrected chi connectivity index (χ4v) is 7.51. The van der Waals surface area contributed by atoms with E-state index in [1.165, 1.54) is 24.5 Å². The van der Waals surface area contributed by atoms with Crippen LogP contribution in [0.5, 0.6) is 0 Å². The minimum absolute atomic E-state index is 0.0524. The Morgan fingerprint density at radius 2 is 1.82 bits per heavy atom. The highest BCUT2D eigenvalue weighted by Gasteiger charge is 2.42. The molecule has 1 aliphatic carbocycles. The van der Waals surface area contributed by atoms with Crippen LogP contribution in [0.2, 0.25) is 0 Å². The molecule has 0 spiro atoms. The predicted octanol–water partition coefficient (Wildman–Crippen LogP) is 2.54. The third kappa shape index (κ3) is 9.22. The molecule has 1 saturated carbocycles. The molecule has 3 atom stereocenters. The number of hydrogen-bond acceptors (Lipinski definition) is 11. The van der Waals surface area contributed by atoms with Gasteiger partial charge in [-0.2, -0.15) is 5.10 Å². The first-order chi connectivity index (χ1) is 24.6. The first-order valence-electron chi connectivity index (χ1n) is 17.6. The molecule has 5 rings (SSSR count). The normalized spacial score (nSPS) is 20.9. The zero-order chi connectivity index (χ0) is 36.5. The van der Waals surface area contributed by atoms with Crippen LogP contribution in [0.25, 0.3) is 0 Å². The van der Waals surface area contributed by atoms with E-state index in [1.807, 2.05) is 6.92 Å². The maximum atomic E-state index is 15.9. The van der Waals surface area contributed by atoms with Crippen LogP contribution in [0.15, 0.2) is 36.7 Å². The van der Waals surface area contributed by atoms with Gasteiger partial charge in [0.1, 0.15) is 34.3 Å². The van der Waals surface area contributed by atoms with E-state index < -0.39 is 41.0 Å². The molecule has 2 fully saturated rings. The van der Waals surface area contributed by atoms with Crippen LogP contribution in [0, 0.1) is 17.7 Å². The van der Waals surface area contributed by atoms with Crippen molar-refractivity contribution in [3.05, 3.63) is 58.6 Å². The number of aryl methyl sites for hydroxylation is 1. The fraction of sp³-hybridized carbons (Fsp3) is 0.571. The number of nitrogens with zero attached hydrogens (tertiary/aromatic N) is 6. The van der Waals surface area contributed by atoms with Crippen molar-refractivity contribution in [2.75, 3.05) is 51.2 Å². The number of carbonyl (C=O) groups excluding carboxylic acids is 4. The number of aromatic nitrogens is 4.